The Kier molecular flexibility index (Phi) is 11.4. The third kappa shape index (κ3) is 8.77. The van der Waals surface area contributed by atoms with Gasteiger partial charge in [0.15, 0.2) is 5.13 Å². The standard InChI is InChI=1S/C25H37N5O3S/c31-16-5-12-26-13-6-17-33-18-7-14-27-23(32)25(10-2-1-3-11-25)20-21-8-4-9-22(29-21)30-24-28-15-19-34-24/h4,8-9,15-16,19,26H,1-3,5-7,10-14,17-18,20H2,(H,27,32)(H,28,29,30). The molecule has 0 saturated heterocycles. The third-order valence-corrected chi connectivity index (χ3v) is 6.81. The van der Waals surface area contributed by atoms with Gasteiger partial charge in [-0.15, -0.1) is 11.3 Å². The van der Waals surface area contributed by atoms with Crippen LogP contribution in [0.15, 0.2) is 29.8 Å². The van der Waals surface area contributed by atoms with Gasteiger partial charge in [0.1, 0.15) is 12.1 Å². The lowest BCUT2D eigenvalue weighted by molar-refractivity contribution is -0.133. The second-order valence-electron chi connectivity index (χ2n) is 8.77. The van der Waals surface area contributed by atoms with Crippen molar-refractivity contribution in [1.82, 2.24) is 20.6 Å². The van der Waals surface area contributed by atoms with Crippen molar-refractivity contribution in [1.29, 1.82) is 0 Å². The van der Waals surface area contributed by atoms with Crippen LogP contribution in [0.3, 0.4) is 0 Å². The van der Waals surface area contributed by atoms with Crippen molar-refractivity contribution in [2.45, 2.75) is 57.8 Å². The minimum Gasteiger partial charge on any atom is -0.381 e. The summed E-state index contributed by atoms with van der Waals surface area (Å²) < 4.78 is 5.66. The number of rotatable bonds is 16. The van der Waals surface area contributed by atoms with Gasteiger partial charge in [-0.1, -0.05) is 25.3 Å². The number of anilines is 2. The molecule has 2 heterocycles. The van der Waals surface area contributed by atoms with E-state index in [1.165, 1.54) is 17.8 Å². The molecule has 1 amide bonds. The first kappa shape index (κ1) is 26.2. The summed E-state index contributed by atoms with van der Waals surface area (Å²) in [6.07, 6.45) is 10.7. The summed E-state index contributed by atoms with van der Waals surface area (Å²) >= 11 is 1.53. The summed E-state index contributed by atoms with van der Waals surface area (Å²) in [7, 11) is 0. The average molecular weight is 488 g/mol. The summed E-state index contributed by atoms with van der Waals surface area (Å²) in [5.41, 5.74) is 0.544. The van der Waals surface area contributed by atoms with Gasteiger partial charge in [0.2, 0.25) is 5.91 Å². The van der Waals surface area contributed by atoms with Crippen LogP contribution in [0.2, 0.25) is 0 Å². The molecule has 8 nitrogen and oxygen atoms in total. The number of thiazole rings is 1. The number of pyridine rings is 1. The van der Waals surface area contributed by atoms with Gasteiger partial charge >= 0.3 is 0 Å². The molecule has 0 atom stereocenters. The molecule has 9 heteroatoms. The van der Waals surface area contributed by atoms with Crippen LogP contribution < -0.4 is 16.0 Å². The van der Waals surface area contributed by atoms with Crippen molar-refractivity contribution < 1.29 is 14.3 Å². The first-order valence-electron chi connectivity index (χ1n) is 12.3. The minimum absolute atomic E-state index is 0.145. The predicted molar refractivity (Wildman–Crippen MR) is 135 cm³/mol. The van der Waals surface area contributed by atoms with Crippen molar-refractivity contribution >= 4 is 34.5 Å². The maximum Gasteiger partial charge on any atom is 0.226 e. The molecule has 0 bridgehead atoms. The van der Waals surface area contributed by atoms with Gasteiger partial charge in [0.05, 0.1) is 5.41 Å². The Morgan fingerprint density at radius 2 is 1.94 bits per heavy atom. The number of amides is 1. The molecule has 0 aliphatic heterocycles. The zero-order valence-electron chi connectivity index (χ0n) is 19.9. The summed E-state index contributed by atoms with van der Waals surface area (Å²) in [5, 5.41) is 12.3. The Labute approximate surface area is 206 Å². The van der Waals surface area contributed by atoms with E-state index >= 15 is 0 Å². The number of hydrogen-bond donors (Lipinski definition) is 3. The van der Waals surface area contributed by atoms with Crippen molar-refractivity contribution in [3.63, 3.8) is 0 Å². The largest absolute Gasteiger partial charge is 0.381 e. The van der Waals surface area contributed by atoms with Crippen LogP contribution in [-0.4, -0.2) is 55.0 Å². The number of aromatic nitrogens is 2. The fraction of sp³-hybridized carbons (Fsp3) is 0.600. The Balaban J connectivity index is 1.42. The summed E-state index contributed by atoms with van der Waals surface area (Å²) in [6, 6.07) is 5.93. The highest BCUT2D eigenvalue weighted by Gasteiger charge is 2.39. The van der Waals surface area contributed by atoms with Crippen LogP contribution in [0, 0.1) is 5.41 Å². The van der Waals surface area contributed by atoms with Crippen molar-refractivity contribution in [3.05, 3.63) is 35.5 Å². The highest BCUT2D eigenvalue weighted by atomic mass is 32.1. The van der Waals surface area contributed by atoms with E-state index in [1.807, 2.05) is 23.6 Å². The number of nitrogens with one attached hydrogen (secondary N) is 3. The van der Waals surface area contributed by atoms with Crippen molar-refractivity contribution in [3.8, 4) is 0 Å². The Hall–Kier alpha value is -2.36. The van der Waals surface area contributed by atoms with Gasteiger partial charge in [0.25, 0.3) is 0 Å². The van der Waals surface area contributed by atoms with Gasteiger partial charge in [-0.25, -0.2) is 9.97 Å². The molecule has 1 aliphatic carbocycles. The first-order chi connectivity index (χ1) is 16.7. The maximum absolute atomic E-state index is 13.3. The van der Waals surface area contributed by atoms with Crippen LogP contribution in [0.25, 0.3) is 0 Å². The van der Waals surface area contributed by atoms with Crippen molar-refractivity contribution in [2.24, 2.45) is 5.41 Å². The zero-order valence-corrected chi connectivity index (χ0v) is 20.7. The summed E-state index contributed by atoms with van der Waals surface area (Å²) in [5.74, 6) is 0.904. The van der Waals surface area contributed by atoms with E-state index < -0.39 is 0 Å². The maximum atomic E-state index is 13.3. The number of ether oxygens (including phenoxy) is 1. The Bertz CT molecular complexity index is 856. The van der Waals surface area contributed by atoms with Gasteiger partial charge < -0.3 is 25.5 Å². The molecule has 0 unspecified atom stereocenters. The van der Waals surface area contributed by atoms with Crippen LogP contribution in [0.4, 0.5) is 10.9 Å². The van der Waals surface area contributed by atoms with Gasteiger partial charge in [-0.2, -0.15) is 0 Å². The molecule has 34 heavy (non-hydrogen) atoms. The fourth-order valence-electron chi connectivity index (χ4n) is 4.35. The highest BCUT2D eigenvalue weighted by Crippen LogP contribution is 2.39. The second-order valence-corrected chi connectivity index (χ2v) is 9.67. The van der Waals surface area contributed by atoms with E-state index in [1.54, 1.807) is 6.20 Å². The molecule has 186 valence electrons. The van der Waals surface area contributed by atoms with Gasteiger partial charge in [0, 0.05) is 56.4 Å². The molecule has 0 radical (unpaired) electrons. The molecule has 2 aromatic heterocycles. The molecule has 0 aromatic carbocycles. The van der Waals surface area contributed by atoms with Crippen LogP contribution in [0.1, 0.15) is 57.1 Å². The van der Waals surface area contributed by atoms with E-state index in [9.17, 15) is 9.59 Å². The molecule has 0 spiro atoms. The lowest BCUT2D eigenvalue weighted by atomic mass is 9.70. The lowest BCUT2D eigenvalue weighted by Gasteiger charge is -2.35. The van der Waals surface area contributed by atoms with E-state index in [2.05, 4.69) is 20.9 Å². The predicted octanol–water partition coefficient (Wildman–Crippen LogP) is 3.87. The van der Waals surface area contributed by atoms with Crippen LogP contribution in [-0.2, 0) is 20.7 Å². The molecule has 1 saturated carbocycles. The third-order valence-electron chi connectivity index (χ3n) is 6.12. The number of aldehydes is 1. The van der Waals surface area contributed by atoms with E-state index in [0.717, 1.165) is 74.5 Å². The minimum atomic E-state index is -0.390. The Morgan fingerprint density at radius 1 is 1.12 bits per heavy atom. The molecular weight excluding hydrogens is 450 g/mol. The first-order valence-corrected chi connectivity index (χ1v) is 13.2. The quantitative estimate of drug-likeness (QED) is 0.244. The molecule has 2 aromatic rings. The number of carbonyl (C=O) groups is 2. The highest BCUT2D eigenvalue weighted by molar-refractivity contribution is 7.13. The van der Waals surface area contributed by atoms with Crippen molar-refractivity contribution in [2.75, 3.05) is 38.2 Å². The molecule has 1 fully saturated rings. The number of nitrogens with zero attached hydrogens (tertiary/aromatic N) is 2. The fourth-order valence-corrected chi connectivity index (χ4v) is 4.89. The molecular formula is C25H37N5O3S. The van der Waals surface area contributed by atoms with Crippen LogP contribution >= 0.6 is 11.3 Å². The van der Waals surface area contributed by atoms with E-state index in [-0.39, 0.29) is 11.3 Å². The topological polar surface area (TPSA) is 105 Å². The second kappa shape index (κ2) is 14.8. The normalized spacial score (nSPS) is 15.1. The molecule has 1 aliphatic rings. The van der Waals surface area contributed by atoms with E-state index in [0.29, 0.717) is 32.6 Å². The monoisotopic (exact) mass is 487 g/mol. The van der Waals surface area contributed by atoms with E-state index in [4.69, 9.17) is 9.72 Å². The lowest BCUT2D eigenvalue weighted by Crippen LogP contribution is -2.44. The number of hydrogen-bond acceptors (Lipinski definition) is 8. The molecule has 3 N–H and O–H groups in total. The smallest absolute Gasteiger partial charge is 0.226 e. The SMILES string of the molecule is O=CCCNCCCOCCCNC(=O)C1(Cc2cccc(Nc3nccs3)n2)CCCCC1. The van der Waals surface area contributed by atoms with Gasteiger partial charge in [-0.05, 0) is 44.4 Å². The van der Waals surface area contributed by atoms with Crippen LogP contribution in [0.5, 0.6) is 0 Å². The number of carbonyl (C=O) groups excluding carboxylic acids is 2. The Morgan fingerprint density at radius 3 is 2.71 bits per heavy atom. The summed E-state index contributed by atoms with van der Waals surface area (Å²) in [4.78, 5) is 32.6. The average Bonchev–Trinajstić information content (AvgIpc) is 3.36. The summed E-state index contributed by atoms with van der Waals surface area (Å²) in [6.45, 7) is 3.51. The zero-order chi connectivity index (χ0) is 23.9. The van der Waals surface area contributed by atoms with Gasteiger partial charge in [-0.3, -0.25) is 4.79 Å². The molecule has 3 rings (SSSR count).